The lowest BCUT2D eigenvalue weighted by Gasteiger charge is -2.50. The zero-order valence-corrected chi connectivity index (χ0v) is 10.6. The van der Waals surface area contributed by atoms with Crippen LogP contribution in [0.25, 0.3) is 0 Å². The standard InChI is InChI=1S/C11H20O9/c12-1-5-7(15)9(17)11(18,3-20-5)10-8(16)6(14)4(13)2-19-10/h4-10,12-18H,1-3H2/t4-,5+,6-,7?,8+,9-,10?,11-/m0/s1. The fraction of sp³-hybridized carbons (Fsp3) is 1.00. The Balaban J connectivity index is 2.18. The van der Waals surface area contributed by atoms with Gasteiger partial charge in [-0.25, -0.2) is 0 Å². The first-order chi connectivity index (χ1) is 9.32. The lowest BCUT2D eigenvalue weighted by atomic mass is 9.79. The first-order valence-electron chi connectivity index (χ1n) is 6.29. The molecule has 0 radical (unpaired) electrons. The van der Waals surface area contributed by atoms with Gasteiger partial charge in [0.05, 0.1) is 19.8 Å². The first-order valence-corrected chi connectivity index (χ1v) is 6.29. The van der Waals surface area contributed by atoms with Gasteiger partial charge in [-0.2, -0.15) is 0 Å². The average Bonchev–Trinajstić information content (AvgIpc) is 2.43. The molecule has 2 rings (SSSR count). The summed E-state index contributed by atoms with van der Waals surface area (Å²) < 4.78 is 10.1. The Bertz CT molecular complexity index is 340. The van der Waals surface area contributed by atoms with Gasteiger partial charge in [0.25, 0.3) is 0 Å². The normalized spacial score (nSPS) is 53.9. The van der Waals surface area contributed by atoms with Crippen LogP contribution in [-0.2, 0) is 9.47 Å². The van der Waals surface area contributed by atoms with E-state index in [-0.39, 0.29) is 6.61 Å². The zero-order chi connectivity index (χ0) is 15.1. The molecule has 8 atom stereocenters. The summed E-state index contributed by atoms with van der Waals surface area (Å²) in [7, 11) is 0. The molecule has 118 valence electrons. The van der Waals surface area contributed by atoms with Crippen LogP contribution >= 0.6 is 0 Å². The molecule has 2 fully saturated rings. The summed E-state index contributed by atoms with van der Waals surface area (Å²) in [5.41, 5.74) is -2.17. The van der Waals surface area contributed by atoms with E-state index in [2.05, 4.69) is 0 Å². The minimum absolute atomic E-state index is 0.350. The molecule has 2 unspecified atom stereocenters. The van der Waals surface area contributed by atoms with E-state index in [1.165, 1.54) is 0 Å². The van der Waals surface area contributed by atoms with Crippen LogP contribution in [0.3, 0.4) is 0 Å². The van der Waals surface area contributed by atoms with Crippen molar-refractivity contribution < 1.29 is 45.2 Å². The van der Waals surface area contributed by atoms with Crippen LogP contribution in [0.1, 0.15) is 0 Å². The van der Waals surface area contributed by atoms with E-state index in [1.54, 1.807) is 0 Å². The fourth-order valence-corrected chi connectivity index (χ4v) is 2.58. The van der Waals surface area contributed by atoms with E-state index in [4.69, 9.17) is 14.6 Å². The van der Waals surface area contributed by atoms with Crippen LogP contribution in [0, 0.1) is 0 Å². The Hall–Kier alpha value is -0.360. The van der Waals surface area contributed by atoms with Crippen LogP contribution < -0.4 is 0 Å². The lowest BCUT2D eigenvalue weighted by Crippen LogP contribution is -2.72. The second kappa shape index (κ2) is 5.79. The molecule has 0 saturated carbocycles. The largest absolute Gasteiger partial charge is 0.394 e. The highest BCUT2D eigenvalue weighted by molar-refractivity contribution is 5.07. The molecule has 9 nitrogen and oxygen atoms in total. The summed E-state index contributed by atoms with van der Waals surface area (Å²) in [5, 5.41) is 68.0. The van der Waals surface area contributed by atoms with Gasteiger partial charge < -0.3 is 45.2 Å². The minimum Gasteiger partial charge on any atom is -0.394 e. The van der Waals surface area contributed by atoms with Crippen LogP contribution in [0.2, 0.25) is 0 Å². The van der Waals surface area contributed by atoms with E-state index < -0.39 is 61.5 Å². The summed E-state index contributed by atoms with van der Waals surface area (Å²) in [4.78, 5) is 0. The highest BCUT2D eigenvalue weighted by atomic mass is 16.6. The van der Waals surface area contributed by atoms with Gasteiger partial charge in [0.1, 0.15) is 48.3 Å². The van der Waals surface area contributed by atoms with E-state index in [9.17, 15) is 30.6 Å². The predicted octanol–water partition coefficient (Wildman–Crippen LogP) is -4.69. The molecule has 0 aromatic rings. The Morgan fingerprint density at radius 2 is 1.60 bits per heavy atom. The molecule has 7 N–H and O–H groups in total. The van der Waals surface area contributed by atoms with Gasteiger partial charge in [-0.3, -0.25) is 0 Å². The molecule has 2 saturated heterocycles. The van der Waals surface area contributed by atoms with Crippen LogP contribution in [0.5, 0.6) is 0 Å². The Morgan fingerprint density at radius 1 is 0.950 bits per heavy atom. The van der Waals surface area contributed by atoms with Gasteiger partial charge in [0, 0.05) is 0 Å². The topological polar surface area (TPSA) is 160 Å². The Kier molecular flexibility index (Phi) is 4.64. The second-order valence-corrected chi connectivity index (χ2v) is 5.26. The maximum atomic E-state index is 10.4. The van der Waals surface area contributed by atoms with Crippen molar-refractivity contribution in [2.45, 2.75) is 48.3 Å². The predicted molar refractivity (Wildman–Crippen MR) is 61.5 cm³/mol. The third-order valence-electron chi connectivity index (χ3n) is 3.92. The minimum atomic E-state index is -2.17. The monoisotopic (exact) mass is 296 g/mol. The van der Waals surface area contributed by atoms with E-state index in [1.807, 2.05) is 0 Å². The van der Waals surface area contributed by atoms with E-state index in [0.29, 0.717) is 0 Å². The van der Waals surface area contributed by atoms with Gasteiger partial charge in [0.2, 0.25) is 0 Å². The number of aliphatic hydroxyl groups is 7. The molecule has 0 aromatic heterocycles. The van der Waals surface area contributed by atoms with Crippen molar-refractivity contribution in [3.63, 3.8) is 0 Å². The molecule has 0 spiro atoms. The summed E-state index contributed by atoms with van der Waals surface area (Å²) in [5.74, 6) is 0. The van der Waals surface area contributed by atoms with Gasteiger partial charge in [-0.15, -0.1) is 0 Å². The average molecular weight is 296 g/mol. The van der Waals surface area contributed by atoms with Crippen molar-refractivity contribution in [2.24, 2.45) is 0 Å². The number of hydrogen-bond donors (Lipinski definition) is 7. The maximum Gasteiger partial charge on any atom is 0.145 e. The van der Waals surface area contributed by atoms with Gasteiger partial charge in [-0.05, 0) is 0 Å². The molecule has 2 aliphatic heterocycles. The zero-order valence-electron chi connectivity index (χ0n) is 10.6. The first kappa shape index (κ1) is 16.0. The number of hydrogen-bond acceptors (Lipinski definition) is 9. The summed E-state index contributed by atoms with van der Waals surface area (Å²) in [6.07, 6.45) is -10.4. The van der Waals surface area contributed by atoms with E-state index >= 15 is 0 Å². The molecule has 2 aliphatic rings. The van der Waals surface area contributed by atoms with Gasteiger partial charge in [0.15, 0.2) is 0 Å². The molecule has 20 heavy (non-hydrogen) atoms. The van der Waals surface area contributed by atoms with Crippen molar-refractivity contribution in [1.29, 1.82) is 0 Å². The Labute approximate surface area is 114 Å². The fourth-order valence-electron chi connectivity index (χ4n) is 2.58. The van der Waals surface area contributed by atoms with Crippen LogP contribution in [-0.4, -0.2) is 104 Å². The van der Waals surface area contributed by atoms with Gasteiger partial charge >= 0.3 is 0 Å². The van der Waals surface area contributed by atoms with Crippen LogP contribution in [0.4, 0.5) is 0 Å². The molecule has 9 heteroatoms. The Morgan fingerprint density at radius 3 is 2.20 bits per heavy atom. The van der Waals surface area contributed by atoms with Crippen LogP contribution in [0.15, 0.2) is 0 Å². The maximum absolute atomic E-state index is 10.4. The van der Waals surface area contributed by atoms with E-state index in [0.717, 1.165) is 0 Å². The second-order valence-electron chi connectivity index (χ2n) is 5.26. The van der Waals surface area contributed by atoms with Crippen molar-refractivity contribution >= 4 is 0 Å². The lowest BCUT2D eigenvalue weighted by molar-refractivity contribution is -0.308. The van der Waals surface area contributed by atoms with Crippen molar-refractivity contribution in [3.05, 3.63) is 0 Å². The van der Waals surface area contributed by atoms with Gasteiger partial charge in [-0.1, -0.05) is 0 Å². The van der Waals surface area contributed by atoms with Crippen molar-refractivity contribution in [1.82, 2.24) is 0 Å². The molecular weight excluding hydrogens is 276 g/mol. The third kappa shape index (κ3) is 2.45. The molecule has 2 heterocycles. The molecule has 0 aromatic carbocycles. The summed E-state index contributed by atoms with van der Waals surface area (Å²) in [6.45, 7) is -1.41. The molecule has 0 bridgehead atoms. The molecule has 0 amide bonds. The number of aliphatic hydroxyl groups excluding tert-OH is 6. The highest BCUT2D eigenvalue weighted by Crippen LogP contribution is 2.33. The quantitative estimate of drug-likeness (QED) is 0.265. The smallest absolute Gasteiger partial charge is 0.145 e. The SMILES string of the molecule is OC[C@H]1OC[C@@](O)(C2OC[C@H](O)[C@H](O)[C@H]2O)[C@@H](O)C1O. The third-order valence-corrected chi connectivity index (χ3v) is 3.92. The summed E-state index contributed by atoms with van der Waals surface area (Å²) in [6, 6.07) is 0. The molecule has 0 aliphatic carbocycles. The summed E-state index contributed by atoms with van der Waals surface area (Å²) >= 11 is 0. The number of rotatable bonds is 2. The highest BCUT2D eigenvalue weighted by Gasteiger charge is 2.58. The van der Waals surface area contributed by atoms with Crippen molar-refractivity contribution in [2.75, 3.05) is 19.8 Å². The van der Waals surface area contributed by atoms with Crippen molar-refractivity contribution in [3.8, 4) is 0 Å². The molecular formula is C11H20O9. The number of ether oxygens (including phenoxy) is 2.